The summed E-state index contributed by atoms with van der Waals surface area (Å²) < 4.78 is 5.58. The number of hydrogen-bond donors (Lipinski definition) is 1. The molecule has 0 saturated heterocycles. The zero-order valence-corrected chi connectivity index (χ0v) is 10.0. The fourth-order valence-corrected chi connectivity index (χ4v) is 3.14. The van der Waals surface area contributed by atoms with Gasteiger partial charge in [0.2, 0.25) is 0 Å². The number of rotatable bonds is 3. The van der Waals surface area contributed by atoms with E-state index in [9.17, 15) is 0 Å². The molecule has 88 valence electrons. The zero-order valence-electron chi connectivity index (χ0n) is 10.0. The molecule has 1 N–H and O–H groups in total. The monoisotopic (exact) mass is 211 g/mol. The molecule has 2 saturated carbocycles. The lowest BCUT2D eigenvalue weighted by molar-refractivity contribution is 0.0358. The first-order valence-corrected chi connectivity index (χ1v) is 6.69. The summed E-state index contributed by atoms with van der Waals surface area (Å²) in [5.41, 5.74) is 0. The van der Waals surface area contributed by atoms with Crippen molar-refractivity contribution in [1.82, 2.24) is 5.32 Å². The van der Waals surface area contributed by atoms with E-state index < -0.39 is 0 Å². The van der Waals surface area contributed by atoms with E-state index in [1.807, 2.05) is 7.11 Å². The predicted octanol–water partition coefficient (Wildman–Crippen LogP) is 2.87. The van der Waals surface area contributed by atoms with Crippen molar-refractivity contribution in [3.63, 3.8) is 0 Å². The molecular formula is C13H25NO. The van der Waals surface area contributed by atoms with E-state index >= 15 is 0 Å². The van der Waals surface area contributed by atoms with Crippen molar-refractivity contribution in [2.75, 3.05) is 7.11 Å². The molecule has 15 heavy (non-hydrogen) atoms. The zero-order chi connectivity index (χ0) is 10.5. The van der Waals surface area contributed by atoms with E-state index in [0.717, 1.165) is 6.04 Å². The van der Waals surface area contributed by atoms with Crippen LogP contribution in [0.5, 0.6) is 0 Å². The van der Waals surface area contributed by atoms with Gasteiger partial charge in [0.1, 0.15) is 0 Å². The Kier molecular flexibility index (Phi) is 4.45. The standard InChI is InChI=1S/C13H25NO/c1-15-13-10-6-5-9-12(13)14-11-7-3-2-4-8-11/h11-14H,2-10H2,1H3/t12-,13+/m1/s1. The molecule has 0 unspecified atom stereocenters. The van der Waals surface area contributed by atoms with E-state index in [1.165, 1.54) is 57.8 Å². The summed E-state index contributed by atoms with van der Waals surface area (Å²) in [5.74, 6) is 0. The third-order valence-corrected chi connectivity index (χ3v) is 4.06. The van der Waals surface area contributed by atoms with Crippen LogP contribution in [-0.2, 0) is 4.74 Å². The molecule has 2 nitrogen and oxygen atoms in total. The molecule has 0 heterocycles. The first-order valence-electron chi connectivity index (χ1n) is 6.69. The van der Waals surface area contributed by atoms with Crippen molar-refractivity contribution in [2.24, 2.45) is 0 Å². The molecule has 0 aromatic heterocycles. The topological polar surface area (TPSA) is 21.3 Å². The van der Waals surface area contributed by atoms with Crippen LogP contribution in [0.4, 0.5) is 0 Å². The molecule has 0 bridgehead atoms. The Morgan fingerprint density at radius 2 is 1.53 bits per heavy atom. The Balaban J connectivity index is 1.79. The van der Waals surface area contributed by atoms with E-state index in [2.05, 4.69) is 5.32 Å². The summed E-state index contributed by atoms with van der Waals surface area (Å²) in [5, 5.41) is 3.83. The van der Waals surface area contributed by atoms with Crippen molar-refractivity contribution in [3.05, 3.63) is 0 Å². The third-order valence-electron chi connectivity index (χ3n) is 4.06. The Bertz CT molecular complexity index is 177. The van der Waals surface area contributed by atoms with Gasteiger partial charge >= 0.3 is 0 Å². The maximum atomic E-state index is 5.58. The van der Waals surface area contributed by atoms with Gasteiger partial charge in [0, 0.05) is 19.2 Å². The van der Waals surface area contributed by atoms with Crippen molar-refractivity contribution in [3.8, 4) is 0 Å². The normalized spacial score (nSPS) is 34.2. The average molecular weight is 211 g/mol. The first-order chi connectivity index (χ1) is 7.40. The highest BCUT2D eigenvalue weighted by molar-refractivity contribution is 4.85. The molecule has 0 radical (unpaired) electrons. The smallest absolute Gasteiger partial charge is 0.0724 e. The van der Waals surface area contributed by atoms with Crippen LogP contribution in [0, 0.1) is 0 Å². The third kappa shape index (κ3) is 3.18. The molecule has 0 aliphatic heterocycles. The molecule has 0 amide bonds. The van der Waals surface area contributed by atoms with Crippen molar-refractivity contribution < 1.29 is 4.74 Å². The second-order valence-electron chi connectivity index (χ2n) is 5.17. The van der Waals surface area contributed by atoms with Crippen molar-refractivity contribution in [2.45, 2.75) is 76.0 Å². The van der Waals surface area contributed by atoms with Gasteiger partial charge < -0.3 is 10.1 Å². The molecule has 2 aliphatic rings. The van der Waals surface area contributed by atoms with Crippen LogP contribution in [0.1, 0.15) is 57.8 Å². The molecular weight excluding hydrogens is 186 g/mol. The maximum Gasteiger partial charge on any atom is 0.0724 e. The van der Waals surface area contributed by atoms with Gasteiger partial charge in [-0.1, -0.05) is 32.1 Å². The van der Waals surface area contributed by atoms with Crippen LogP contribution in [-0.4, -0.2) is 25.3 Å². The molecule has 0 aromatic carbocycles. The second kappa shape index (κ2) is 5.86. The summed E-state index contributed by atoms with van der Waals surface area (Å²) in [4.78, 5) is 0. The molecule has 2 fully saturated rings. The summed E-state index contributed by atoms with van der Waals surface area (Å²) in [6, 6.07) is 1.41. The fraction of sp³-hybridized carbons (Fsp3) is 1.00. The predicted molar refractivity (Wildman–Crippen MR) is 63.1 cm³/mol. The van der Waals surface area contributed by atoms with E-state index in [1.54, 1.807) is 0 Å². The van der Waals surface area contributed by atoms with Crippen LogP contribution in [0.25, 0.3) is 0 Å². The lowest BCUT2D eigenvalue weighted by Crippen LogP contribution is -2.48. The summed E-state index contributed by atoms with van der Waals surface area (Å²) in [6.07, 6.45) is 12.8. The lowest BCUT2D eigenvalue weighted by atomic mass is 9.89. The highest BCUT2D eigenvalue weighted by Gasteiger charge is 2.27. The van der Waals surface area contributed by atoms with Crippen LogP contribution in [0.2, 0.25) is 0 Å². The summed E-state index contributed by atoms with van der Waals surface area (Å²) in [7, 11) is 1.87. The van der Waals surface area contributed by atoms with Gasteiger partial charge in [-0.25, -0.2) is 0 Å². The number of nitrogens with one attached hydrogen (secondary N) is 1. The first kappa shape index (κ1) is 11.4. The number of ether oxygens (including phenoxy) is 1. The summed E-state index contributed by atoms with van der Waals surface area (Å²) >= 11 is 0. The van der Waals surface area contributed by atoms with Crippen molar-refractivity contribution >= 4 is 0 Å². The fourth-order valence-electron chi connectivity index (χ4n) is 3.14. The maximum absolute atomic E-state index is 5.58. The van der Waals surface area contributed by atoms with Gasteiger partial charge in [-0.3, -0.25) is 0 Å². The molecule has 2 rings (SSSR count). The Morgan fingerprint density at radius 3 is 2.27 bits per heavy atom. The number of hydrogen-bond acceptors (Lipinski definition) is 2. The van der Waals surface area contributed by atoms with Crippen LogP contribution < -0.4 is 5.32 Å². The Hall–Kier alpha value is -0.0800. The Labute approximate surface area is 93.8 Å². The van der Waals surface area contributed by atoms with Gasteiger partial charge in [-0.05, 0) is 25.7 Å². The molecule has 2 aliphatic carbocycles. The molecule has 0 aromatic rings. The minimum atomic E-state index is 0.473. The quantitative estimate of drug-likeness (QED) is 0.775. The van der Waals surface area contributed by atoms with Crippen LogP contribution in [0.3, 0.4) is 0 Å². The number of methoxy groups -OCH3 is 1. The van der Waals surface area contributed by atoms with E-state index in [-0.39, 0.29) is 0 Å². The highest BCUT2D eigenvalue weighted by Crippen LogP contribution is 2.24. The molecule has 2 heteroatoms. The SMILES string of the molecule is CO[C@H]1CCCC[C@H]1NC1CCCCC1. The minimum Gasteiger partial charge on any atom is -0.380 e. The van der Waals surface area contributed by atoms with Gasteiger partial charge in [0.05, 0.1) is 6.10 Å². The van der Waals surface area contributed by atoms with Crippen LogP contribution in [0.15, 0.2) is 0 Å². The van der Waals surface area contributed by atoms with Crippen LogP contribution >= 0.6 is 0 Å². The summed E-state index contributed by atoms with van der Waals surface area (Å²) in [6.45, 7) is 0. The van der Waals surface area contributed by atoms with E-state index in [0.29, 0.717) is 12.1 Å². The molecule has 2 atom stereocenters. The van der Waals surface area contributed by atoms with Gasteiger partial charge in [-0.15, -0.1) is 0 Å². The lowest BCUT2D eigenvalue weighted by Gasteiger charge is -2.35. The van der Waals surface area contributed by atoms with Gasteiger partial charge in [0.25, 0.3) is 0 Å². The largest absolute Gasteiger partial charge is 0.380 e. The van der Waals surface area contributed by atoms with Gasteiger partial charge in [0.15, 0.2) is 0 Å². The second-order valence-corrected chi connectivity index (χ2v) is 5.17. The minimum absolute atomic E-state index is 0.473. The van der Waals surface area contributed by atoms with Gasteiger partial charge in [-0.2, -0.15) is 0 Å². The highest BCUT2D eigenvalue weighted by atomic mass is 16.5. The van der Waals surface area contributed by atoms with Crippen molar-refractivity contribution in [1.29, 1.82) is 0 Å². The van der Waals surface area contributed by atoms with E-state index in [4.69, 9.17) is 4.74 Å². The molecule has 0 spiro atoms. The Morgan fingerprint density at radius 1 is 0.867 bits per heavy atom. The average Bonchev–Trinajstić information content (AvgIpc) is 2.31.